The van der Waals surface area contributed by atoms with Crippen LogP contribution in [-0.4, -0.2) is 34.2 Å². The minimum Gasteiger partial charge on any atom is -0.480 e. The highest BCUT2D eigenvalue weighted by molar-refractivity contribution is 5.94. The third-order valence-electron chi connectivity index (χ3n) is 2.21. The van der Waals surface area contributed by atoms with Crippen molar-refractivity contribution in [3.05, 3.63) is 29.7 Å². The van der Waals surface area contributed by atoms with E-state index >= 15 is 0 Å². The molecule has 0 aliphatic rings. The van der Waals surface area contributed by atoms with Crippen molar-refractivity contribution in [2.75, 3.05) is 0 Å². The molecule has 0 aliphatic carbocycles. The Morgan fingerprint density at radius 1 is 1.44 bits per heavy atom. The molecule has 1 amide bonds. The number of carboxylic acid groups (broad SMARTS) is 1. The molecule has 0 saturated heterocycles. The molecule has 0 saturated carbocycles. The average molecular weight is 253 g/mol. The van der Waals surface area contributed by atoms with E-state index in [4.69, 9.17) is 9.52 Å². The number of carbonyl (C=O) groups is 2. The number of aliphatic hydroxyl groups is 1. The fraction of sp³-hybridized carbons (Fsp3) is 0.333. The van der Waals surface area contributed by atoms with E-state index in [1.807, 2.05) is 0 Å². The Balaban J connectivity index is 2.60. The average Bonchev–Trinajstić information content (AvgIpc) is 2.68. The molecule has 0 aliphatic heterocycles. The van der Waals surface area contributed by atoms with Gasteiger partial charge in [-0.15, -0.1) is 0 Å². The van der Waals surface area contributed by atoms with Crippen molar-refractivity contribution in [2.45, 2.75) is 26.0 Å². The lowest BCUT2D eigenvalue weighted by Crippen LogP contribution is -2.47. The zero-order valence-electron chi connectivity index (χ0n) is 10.1. The molecule has 2 atom stereocenters. The van der Waals surface area contributed by atoms with Gasteiger partial charge in [0.1, 0.15) is 11.5 Å². The van der Waals surface area contributed by atoms with Crippen molar-refractivity contribution in [3.8, 4) is 0 Å². The van der Waals surface area contributed by atoms with Crippen LogP contribution in [0.2, 0.25) is 0 Å². The summed E-state index contributed by atoms with van der Waals surface area (Å²) in [5, 5.41) is 20.1. The van der Waals surface area contributed by atoms with Crippen LogP contribution in [0.3, 0.4) is 0 Å². The first-order chi connectivity index (χ1) is 8.40. The van der Waals surface area contributed by atoms with Crippen molar-refractivity contribution in [1.29, 1.82) is 0 Å². The van der Waals surface area contributed by atoms with Gasteiger partial charge in [0, 0.05) is 6.08 Å². The molecule has 1 heterocycles. The number of furan rings is 1. The van der Waals surface area contributed by atoms with Crippen molar-refractivity contribution in [1.82, 2.24) is 5.32 Å². The van der Waals surface area contributed by atoms with Gasteiger partial charge in [0.15, 0.2) is 6.04 Å². The summed E-state index contributed by atoms with van der Waals surface area (Å²) in [6, 6.07) is 2.09. The molecule has 18 heavy (non-hydrogen) atoms. The molecule has 6 nitrogen and oxygen atoms in total. The van der Waals surface area contributed by atoms with Crippen molar-refractivity contribution < 1.29 is 24.2 Å². The van der Waals surface area contributed by atoms with E-state index in [0.29, 0.717) is 11.5 Å². The van der Waals surface area contributed by atoms with E-state index in [-0.39, 0.29) is 0 Å². The van der Waals surface area contributed by atoms with Crippen LogP contribution in [-0.2, 0) is 9.59 Å². The molecule has 1 aromatic rings. The smallest absolute Gasteiger partial charge is 0.328 e. The van der Waals surface area contributed by atoms with Crippen molar-refractivity contribution >= 4 is 18.0 Å². The zero-order valence-corrected chi connectivity index (χ0v) is 10.1. The standard InChI is InChI=1S/C12H15NO5/c1-7-3-4-9(18-7)5-6-10(15)13-11(8(2)14)12(16)17/h3-6,8,11,14H,1-2H3,(H,13,15)(H,16,17)/b6-5+. The number of aliphatic hydroxyl groups excluding tert-OH is 1. The summed E-state index contributed by atoms with van der Waals surface area (Å²) in [6.45, 7) is 3.06. The van der Waals surface area contributed by atoms with Gasteiger partial charge in [0.25, 0.3) is 0 Å². The quantitative estimate of drug-likeness (QED) is 0.665. The third kappa shape index (κ3) is 4.06. The minimum absolute atomic E-state index is 0.492. The predicted molar refractivity (Wildman–Crippen MR) is 63.7 cm³/mol. The Morgan fingerprint density at radius 3 is 2.56 bits per heavy atom. The lowest BCUT2D eigenvalue weighted by Gasteiger charge is -2.15. The van der Waals surface area contributed by atoms with Gasteiger partial charge < -0.3 is 19.9 Å². The first kappa shape index (κ1) is 14.0. The lowest BCUT2D eigenvalue weighted by atomic mass is 10.2. The third-order valence-corrected chi connectivity index (χ3v) is 2.21. The van der Waals surface area contributed by atoms with Crippen molar-refractivity contribution in [3.63, 3.8) is 0 Å². The number of carboxylic acids is 1. The normalized spacial score (nSPS) is 14.4. The molecule has 0 aromatic carbocycles. The van der Waals surface area contributed by atoms with Crippen LogP contribution >= 0.6 is 0 Å². The van der Waals surface area contributed by atoms with Gasteiger partial charge in [-0.2, -0.15) is 0 Å². The summed E-state index contributed by atoms with van der Waals surface area (Å²) in [5.41, 5.74) is 0. The first-order valence-corrected chi connectivity index (χ1v) is 5.36. The van der Waals surface area contributed by atoms with Crippen LogP contribution in [0.1, 0.15) is 18.4 Å². The van der Waals surface area contributed by atoms with Gasteiger partial charge >= 0.3 is 5.97 Å². The Labute approximate surface area is 104 Å². The van der Waals surface area contributed by atoms with Crippen molar-refractivity contribution in [2.24, 2.45) is 0 Å². The molecule has 0 fully saturated rings. The Bertz CT molecular complexity index is 461. The molecule has 1 aromatic heterocycles. The first-order valence-electron chi connectivity index (χ1n) is 5.36. The largest absolute Gasteiger partial charge is 0.480 e. The monoisotopic (exact) mass is 253 g/mol. The van der Waals surface area contributed by atoms with Crippen LogP contribution in [0.15, 0.2) is 22.6 Å². The highest BCUT2D eigenvalue weighted by atomic mass is 16.4. The van der Waals surface area contributed by atoms with E-state index in [2.05, 4.69) is 5.32 Å². The minimum atomic E-state index is -1.33. The Morgan fingerprint density at radius 2 is 2.11 bits per heavy atom. The van der Waals surface area contributed by atoms with Gasteiger partial charge in [-0.1, -0.05) is 0 Å². The fourth-order valence-corrected chi connectivity index (χ4v) is 1.29. The van der Waals surface area contributed by atoms with Crippen LogP contribution < -0.4 is 5.32 Å². The Hall–Kier alpha value is -2.08. The van der Waals surface area contributed by atoms with Gasteiger partial charge in [-0.05, 0) is 32.1 Å². The fourth-order valence-electron chi connectivity index (χ4n) is 1.29. The second-order valence-electron chi connectivity index (χ2n) is 3.85. The maximum absolute atomic E-state index is 11.4. The molecular weight excluding hydrogens is 238 g/mol. The number of rotatable bonds is 5. The number of aryl methyl sites for hydroxylation is 1. The summed E-state index contributed by atoms with van der Waals surface area (Å²) < 4.78 is 5.20. The van der Waals surface area contributed by atoms with E-state index in [9.17, 15) is 14.7 Å². The topological polar surface area (TPSA) is 99.8 Å². The van der Waals surface area contributed by atoms with E-state index in [1.54, 1.807) is 19.1 Å². The predicted octanol–water partition coefficient (Wildman–Crippen LogP) is 0.551. The number of amides is 1. The highest BCUT2D eigenvalue weighted by Crippen LogP contribution is 2.07. The molecular formula is C12H15NO5. The van der Waals surface area contributed by atoms with E-state index in [0.717, 1.165) is 6.08 Å². The second kappa shape index (κ2) is 6.02. The molecule has 0 spiro atoms. The number of carbonyl (C=O) groups excluding carboxylic acids is 1. The van der Waals surface area contributed by atoms with E-state index in [1.165, 1.54) is 13.0 Å². The summed E-state index contributed by atoms with van der Waals surface area (Å²) in [6.07, 6.45) is 1.39. The van der Waals surface area contributed by atoms with Gasteiger partial charge in [-0.3, -0.25) is 4.79 Å². The van der Waals surface area contributed by atoms with E-state index < -0.39 is 24.0 Å². The maximum atomic E-state index is 11.4. The lowest BCUT2D eigenvalue weighted by molar-refractivity contribution is -0.144. The van der Waals surface area contributed by atoms with Gasteiger partial charge in [0.2, 0.25) is 5.91 Å². The number of hydrogen-bond donors (Lipinski definition) is 3. The number of aliphatic carboxylic acids is 1. The van der Waals surface area contributed by atoms with Gasteiger partial charge in [0.05, 0.1) is 6.10 Å². The molecule has 98 valence electrons. The SMILES string of the molecule is Cc1ccc(/C=C/C(=O)NC(C(=O)O)C(C)O)o1. The maximum Gasteiger partial charge on any atom is 0.328 e. The summed E-state index contributed by atoms with van der Waals surface area (Å²) >= 11 is 0. The molecule has 6 heteroatoms. The molecule has 3 N–H and O–H groups in total. The van der Waals surface area contributed by atoms with Gasteiger partial charge in [-0.25, -0.2) is 4.79 Å². The highest BCUT2D eigenvalue weighted by Gasteiger charge is 2.23. The van der Waals surface area contributed by atoms with Crippen LogP contribution in [0.25, 0.3) is 6.08 Å². The summed E-state index contributed by atoms with van der Waals surface area (Å²) in [4.78, 5) is 22.2. The van der Waals surface area contributed by atoms with Crippen LogP contribution in [0.5, 0.6) is 0 Å². The molecule has 0 radical (unpaired) electrons. The molecule has 2 unspecified atom stereocenters. The molecule has 1 rings (SSSR count). The molecule has 0 bridgehead atoms. The van der Waals surface area contributed by atoms with Crippen LogP contribution in [0, 0.1) is 6.92 Å². The number of nitrogens with one attached hydrogen (secondary N) is 1. The zero-order chi connectivity index (χ0) is 13.7. The summed E-state index contributed by atoms with van der Waals surface area (Å²) in [7, 11) is 0. The second-order valence-corrected chi connectivity index (χ2v) is 3.85. The summed E-state index contributed by atoms with van der Waals surface area (Å²) in [5.74, 6) is -0.702. The Kier molecular flexibility index (Phi) is 4.67. The number of hydrogen-bond acceptors (Lipinski definition) is 4. The van der Waals surface area contributed by atoms with Crippen LogP contribution in [0.4, 0.5) is 0 Å².